The fraction of sp³-hybridized carbons (Fsp3) is 0.286. The van der Waals surface area contributed by atoms with Gasteiger partial charge < -0.3 is 10.2 Å². The van der Waals surface area contributed by atoms with Gasteiger partial charge in [0.2, 0.25) is 0 Å². The lowest BCUT2D eigenvalue weighted by molar-refractivity contribution is 0.264. The van der Waals surface area contributed by atoms with Crippen molar-refractivity contribution in [1.82, 2.24) is 4.98 Å². The lowest BCUT2D eigenvalue weighted by Crippen LogP contribution is -1.96. The van der Waals surface area contributed by atoms with Gasteiger partial charge in [-0.25, -0.2) is 4.39 Å². The molecule has 0 spiro atoms. The van der Waals surface area contributed by atoms with E-state index in [0.29, 0.717) is 0 Å². The highest BCUT2D eigenvalue weighted by Gasteiger charge is 1.99. The van der Waals surface area contributed by atoms with E-state index < -0.39 is 5.82 Å². The number of pyridine rings is 1. The molecule has 0 unspecified atom stereocenters. The number of nitrogens with zero attached hydrogens (tertiary/aromatic N) is 1. The zero-order valence-corrected chi connectivity index (χ0v) is 5.79. The van der Waals surface area contributed by atoms with Crippen LogP contribution in [0.2, 0.25) is 0 Å². The minimum Gasteiger partial charge on any atom is -0.390 e. The van der Waals surface area contributed by atoms with Crippen LogP contribution in [-0.4, -0.2) is 15.2 Å². The number of aliphatic hydroxyl groups excluding tert-OH is 2. The number of rotatable bonds is 2. The predicted octanol–water partition coefficient (Wildman–Crippen LogP) is 0.205. The first-order valence-electron chi connectivity index (χ1n) is 3.13. The molecule has 1 aromatic heterocycles. The van der Waals surface area contributed by atoms with Crippen molar-refractivity contribution in [3.63, 3.8) is 0 Å². The van der Waals surface area contributed by atoms with Gasteiger partial charge in [0.25, 0.3) is 0 Å². The molecule has 0 aliphatic heterocycles. The zero-order valence-electron chi connectivity index (χ0n) is 5.79. The highest BCUT2D eigenvalue weighted by atomic mass is 19.1. The van der Waals surface area contributed by atoms with Crippen LogP contribution in [-0.2, 0) is 13.2 Å². The summed E-state index contributed by atoms with van der Waals surface area (Å²) in [5, 5.41) is 17.1. The Balaban J connectivity index is 3.02. The highest BCUT2D eigenvalue weighted by Crippen LogP contribution is 2.04. The summed E-state index contributed by atoms with van der Waals surface area (Å²) >= 11 is 0. The first-order chi connectivity index (χ1) is 5.26. The summed E-state index contributed by atoms with van der Waals surface area (Å²) in [5.41, 5.74) is 0.461. The largest absolute Gasteiger partial charge is 0.390 e. The van der Waals surface area contributed by atoms with E-state index in [-0.39, 0.29) is 24.6 Å². The fourth-order valence-corrected chi connectivity index (χ4v) is 0.771. The average Bonchev–Trinajstić information content (AvgIpc) is 2.03. The standard InChI is InChI=1S/C7H8FNO2/c8-5-1-6(3-10)9-7(2-5)4-11/h1-2,10-11H,3-4H2. The van der Waals surface area contributed by atoms with Crippen LogP contribution >= 0.6 is 0 Å². The minimum absolute atomic E-state index is 0.231. The summed E-state index contributed by atoms with van der Waals surface area (Å²) in [7, 11) is 0. The normalized spacial score (nSPS) is 10.1. The lowest BCUT2D eigenvalue weighted by atomic mass is 10.3. The number of aliphatic hydroxyl groups is 2. The Morgan fingerprint density at radius 2 is 1.64 bits per heavy atom. The maximum absolute atomic E-state index is 12.5. The van der Waals surface area contributed by atoms with E-state index in [1.54, 1.807) is 0 Å². The van der Waals surface area contributed by atoms with Crippen molar-refractivity contribution in [1.29, 1.82) is 0 Å². The number of halogens is 1. The van der Waals surface area contributed by atoms with Gasteiger partial charge in [0.15, 0.2) is 0 Å². The van der Waals surface area contributed by atoms with Crippen LogP contribution in [0, 0.1) is 5.82 Å². The molecule has 0 aromatic carbocycles. The van der Waals surface area contributed by atoms with Crippen molar-refractivity contribution in [2.24, 2.45) is 0 Å². The molecule has 1 heterocycles. The summed E-state index contributed by atoms with van der Waals surface area (Å²) in [4.78, 5) is 3.73. The van der Waals surface area contributed by atoms with Gasteiger partial charge >= 0.3 is 0 Å². The van der Waals surface area contributed by atoms with Gasteiger partial charge in [-0.2, -0.15) is 0 Å². The van der Waals surface area contributed by atoms with E-state index >= 15 is 0 Å². The molecule has 0 amide bonds. The summed E-state index contributed by atoms with van der Waals surface area (Å²) in [6.07, 6.45) is 0. The van der Waals surface area contributed by atoms with Crippen molar-refractivity contribution < 1.29 is 14.6 Å². The monoisotopic (exact) mass is 157 g/mol. The molecule has 0 fully saturated rings. The molecule has 0 bridgehead atoms. The third-order valence-electron chi connectivity index (χ3n) is 1.22. The molecule has 0 aliphatic rings. The van der Waals surface area contributed by atoms with Crippen molar-refractivity contribution in [2.75, 3.05) is 0 Å². The van der Waals surface area contributed by atoms with E-state index in [9.17, 15) is 4.39 Å². The highest BCUT2D eigenvalue weighted by molar-refractivity contribution is 5.11. The van der Waals surface area contributed by atoms with Crippen LogP contribution in [0.25, 0.3) is 0 Å². The van der Waals surface area contributed by atoms with Crippen LogP contribution in [0.4, 0.5) is 4.39 Å². The van der Waals surface area contributed by atoms with Gasteiger partial charge in [-0.05, 0) is 12.1 Å². The molecule has 60 valence electrons. The Bertz CT molecular complexity index is 230. The van der Waals surface area contributed by atoms with Gasteiger partial charge in [-0.15, -0.1) is 0 Å². The van der Waals surface area contributed by atoms with Crippen molar-refractivity contribution >= 4 is 0 Å². The van der Waals surface area contributed by atoms with Gasteiger partial charge in [0.05, 0.1) is 24.6 Å². The Labute approximate surface area is 63.1 Å². The molecule has 0 aliphatic carbocycles. The molecule has 2 N–H and O–H groups in total. The molecule has 4 heteroatoms. The third-order valence-corrected chi connectivity index (χ3v) is 1.22. The second kappa shape index (κ2) is 3.41. The number of hydrogen-bond acceptors (Lipinski definition) is 3. The molecule has 0 atom stereocenters. The summed E-state index contributed by atoms with van der Waals surface area (Å²) in [6, 6.07) is 2.25. The Kier molecular flexibility index (Phi) is 2.51. The average molecular weight is 157 g/mol. The summed E-state index contributed by atoms with van der Waals surface area (Å²) in [6.45, 7) is -0.629. The van der Waals surface area contributed by atoms with Crippen LogP contribution in [0.15, 0.2) is 12.1 Å². The zero-order chi connectivity index (χ0) is 8.27. The maximum Gasteiger partial charge on any atom is 0.127 e. The Hall–Kier alpha value is -1.00. The number of aromatic nitrogens is 1. The van der Waals surface area contributed by atoms with Crippen LogP contribution in [0.1, 0.15) is 11.4 Å². The summed E-state index contributed by atoms with van der Waals surface area (Å²) < 4.78 is 12.5. The Morgan fingerprint density at radius 3 is 2.00 bits per heavy atom. The van der Waals surface area contributed by atoms with Crippen molar-refractivity contribution in [2.45, 2.75) is 13.2 Å². The molecule has 1 aromatic rings. The van der Waals surface area contributed by atoms with E-state index in [1.807, 2.05) is 0 Å². The molecule has 3 nitrogen and oxygen atoms in total. The van der Waals surface area contributed by atoms with Crippen molar-refractivity contribution in [3.05, 3.63) is 29.3 Å². The van der Waals surface area contributed by atoms with Crippen LogP contribution in [0.3, 0.4) is 0 Å². The van der Waals surface area contributed by atoms with Gasteiger partial charge in [-0.3, -0.25) is 4.98 Å². The molecule has 0 saturated carbocycles. The summed E-state index contributed by atoms with van der Waals surface area (Å²) in [5.74, 6) is -0.492. The molecule has 0 saturated heterocycles. The molecule has 11 heavy (non-hydrogen) atoms. The smallest absolute Gasteiger partial charge is 0.127 e. The maximum atomic E-state index is 12.5. The molecular formula is C7H8FNO2. The van der Waals surface area contributed by atoms with Crippen LogP contribution < -0.4 is 0 Å². The topological polar surface area (TPSA) is 53.4 Å². The van der Waals surface area contributed by atoms with Gasteiger partial charge in [0, 0.05) is 0 Å². The van der Waals surface area contributed by atoms with Crippen molar-refractivity contribution in [3.8, 4) is 0 Å². The van der Waals surface area contributed by atoms with Crippen LogP contribution in [0.5, 0.6) is 0 Å². The Morgan fingerprint density at radius 1 is 1.18 bits per heavy atom. The predicted molar refractivity (Wildman–Crippen MR) is 36.0 cm³/mol. The quantitative estimate of drug-likeness (QED) is 0.645. The minimum atomic E-state index is -0.492. The third kappa shape index (κ3) is 1.96. The van der Waals surface area contributed by atoms with E-state index in [4.69, 9.17) is 10.2 Å². The van der Waals surface area contributed by atoms with E-state index in [0.717, 1.165) is 12.1 Å². The first-order valence-corrected chi connectivity index (χ1v) is 3.13. The second-order valence-electron chi connectivity index (χ2n) is 2.08. The van der Waals surface area contributed by atoms with E-state index in [2.05, 4.69) is 4.98 Å². The van der Waals surface area contributed by atoms with Gasteiger partial charge in [-0.1, -0.05) is 0 Å². The lowest BCUT2D eigenvalue weighted by Gasteiger charge is -1.98. The molecular weight excluding hydrogens is 149 g/mol. The first kappa shape index (κ1) is 8.10. The second-order valence-corrected chi connectivity index (χ2v) is 2.08. The molecule has 1 rings (SSSR count). The fourth-order valence-electron chi connectivity index (χ4n) is 0.771. The molecule has 0 radical (unpaired) electrons. The SMILES string of the molecule is OCc1cc(F)cc(CO)n1. The van der Waals surface area contributed by atoms with E-state index in [1.165, 1.54) is 0 Å². The van der Waals surface area contributed by atoms with Gasteiger partial charge in [0.1, 0.15) is 5.82 Å². The number of hydrogen-bond donors (Lipinski definition) is 2.